The van der Waals surface area contributed by atoms with E-state index < -0.39 is 0 Å². The third kappa shape index (κ3) is 1.70. The summed E-state index contributed by atoms with van der Waals surface area (Å²) in [6, 6.07) is 7.83. The van der Waals surface area contributed by atoms with Crippen molar-refractivity contribution in [2.45, 2.75) is 12.8 Å². The molecule has 1 aromatic carbocycles. The fourth-order valence-electron chi connectivity index (χ4n) is 2.07. The van der Waals surface area contributed by atoms with Gasteiger partial charge in [0.25, 0.3) is 0 Å². The molecule has 1 amide bonds. The Morgan fingerprint density at radius 2 is 2.24 bits per heavy atom. The number of benzene rings is 1. The van der Waals surface area contributed by atoms with E-state index in [0.717, 1.165) is 29.4 Å². The van der Waals surface area contributed by atoms with Crippen molar-refractivity contribution in [2.75, 3.05) is 11.9 Å². The minimum Gasteiger partial charge on any atom is -0.361 e. The summed E-state index contributed by atoms with van der Waals surface area (Å²) >= 11 is 0. The summed E-state index contributed by atoms with van der Waals surface area (Å²) in [7, 11) is 0. The smallest absolute Gasteiger partial charge is 0.231 e. The maximum atomic E-state index is 12.0. The van der Waals surface area contributed by atoms with Gasteiger partial charge < -0.3 is 16.0 Å². The third-order valence-corrected chi connectivity index (χ3v) is 3.54. The van der Waals surface area contributed by atoms with Crippen molar-refractivity contribution in [1.29, 1.82) is 0 Å². The predicted octanol–water partition coefficient (Wildman–Crippen LogP) is 1.85. The number of nitrogens with one attached hydrogen (secondary N) is 2. The second-order valence-electron chi connectivity index (χ2n) is 4.72. The quantitative estimate of drug-likeness (QED) is 0.751. The van der Waals surface area contributed by atoms with Crippen LogP contribution in [0.25, 0.3) is 10.9 Å². The van der Waals surface area contributed by atoms with Gasteiger partial charge in [0.15, 0.2) is 0 Å². The van der Waals surface area contributed by atoms with E-state index in [0.29, 0.717) is 6.54 Å². The molecule has 0 radical (unpaired) electrons. The van der Waals surface area contributed by atoms with Gasteiger partial charge in [-0.3, -0.25) is 4.79 Å². The van der Waals surface area contributed by atoms with Gasteiger partial charge in [0.1, 0.15) is 0 Å². The van der Waals surface area contributed by atoms with Crippen LogP contribution in [0.4, 0.5) is 5.69 Å². The number of carbonyl (C=O) groups excluding carboxylic acids is 1. The Kier molecular flexibility index (Phi) is 2.19. The molecule has 1 heterocycles. The van der Waals surface area contributed by atoms with Crippen LogP contribution >= 0.6 is 0 Å². The summed E-state index contributed by atoms with van der Waals surface area (Å²) in [6.07, 6.45) is 3.70. The van der Waals surface area contributed by atoms with E-state index in [4.69, 9.17) is 5.73 Å². The van der Waals surface area contributed by atoms with Crippen molar-refractivity contribution in [3.05, 3.63) is 30.5 Å². The highest BCUT2D eigenvalue weighted by Crippen LogP contribution is 2.45. The average molecular weight is 229 g/mol. The van der Waals surface area contributed by atoms with Crippen LogP contribution in [-0.4, -0.2) is 17.4 Å². The number of hydrogen-bond donors (Lipinski definition) is 3. The lowest BCUT2D eigenvalue weighted by molar-refractivity contribution is -0.120. The SMILES string of the molecule is NCC1(C(=O)Nc2ccc3[nH]ccc3c2)CC1. The van der Waals surface area contributed by atoms with Crippen molar-refractivity contribution in [2.24, 2.45) is 11.1 Å². The zero-order valence-electron chi connectivity index (χ0n) is 9.49. The summed E-state index contributed by atoms with van der Waals surface area (Å²) in [5.74, 6) is 0.0508. The number of rotatable bonds is 3. The van der Waals surface area contributed by atoms with Gasteiger partial charge >= 0.3 is 0 Å². The Morgan fingerprint density at radius 3 is 2.94 bits per heavy atom. The number of carbonyl (C=O) groups is 1. The highest BCUT2D eigenvalue weighted by atomic mass is 16.2. The minimum atomic E-state index is -0.299. The molecule has 0 saturated heterocycles. The number of aromatic amines is 1. The number of fused-ring (bicyclic) bond motifs is 1. The molecule has 4 N–H and O–H groups in total. The van der Waals surface area contributed by atoms with Gasteiger partial charge in [0.2, 0.25) is 5.91 Å². The van der Waals surface area contributed by atoms with Crippen molar-refractivity contribution in [3.8, 4) is 0 Å². The Morgan fingerprint density at radius 1 is 1.41 bits per heavy atom. The Balaban J connectivity index is 1.82. The number of hydrogen-bond acceptors (Lipinski definition) is 2. The van der Waals surface area contributed by atoms with Crippen LogP contribution in [0.3, 0.4) is 0 Å². The van der Waals surface area contributed by atoms with Gasteiger partial charge in [-0.25, -0.2) is 0 Å². The maximum Gasteiger partial charge on any atom is 0.231 e. The largest absolute Gasteiger partial charge is 0.361 e. The van der Waals surface area contributed by atoms with Crippen molar-refractivity contribution < 1.29 is 4.79 Å². The third-order valence-electron chi connectivity index (χ3n) is 3.54. The molecular weight excluding hydrogens is 214 g/mol. The highest BCUT2D eigenvalue weighted by Gasteiger charge is 2.48. The van der Waals surface area contributed by atoms with E-state index in [9.17, 15) is 4.79 Å². The second-order valence-corrected chi connectivity index (χ2v) is 4.72. The van der Waals surface area contributed by atoms with Gasteiger partial charge in [-0.2, -0.15) is 0 Å². The second kappa shape index (κ2) is 3.60. The summed E-state index contributed by atoms with van der Waals surface area (Å²) in [5, 5.41) is 4.04. The van der Waals surface area contributed by atoms with Gasteiger partial charge in [-0.1, -0.05) is 0 Å². The van der Waals surface area contributed by atoms with Crippen LogP contribution < -0.4 is 11.1 Å². The lowest BCUT2D eigenvalue weighted by atomic mass is 10.1. The fraction of sp³-hybridized carbons (Fsp3) is 0.308. The number of aromatic nitrogens is 1. The zero-order valence-corrected chi connectivity index (χ0v) is 9.49. The first-order valence-corrected chi connectivity index (χ1v) is 5.82. The van der Waals surface area contributed by atoms with E-state index in [-0.39, 0.29) is 11.3 Å². The molecule has 0 bridgehead atoms. The highest BCUT2D eigenvalue weighted by molar-refractivity contribution is 5.98. The molecule has 88 valence electrons. The van der Waals surface area contributed by atoms with Gasteiger partial charge in [-0.15, -0.1) is 0 Å². The fourth-order valence-corrected chi connectivity index (χ4v) is 2.07. The molecule has 1 saturated carbocycles. The lowest BCUT2D eigenvalue weighted by Crippen LogP contribution is -2.30. The lowest BCUT2D eigenvalue weighted by Gasteiger charge is -2.12. The number of H-pyrrole nitrogens is 1. The van der Waals surface area contributed by atoms with E-state index >= 15 is 0 Å². The minimum absolute atomic E-state index is 0.0508. The molecule has 0 unspecified atom stereocenters. The van der Waals surface area contributed by atoms with E-state index in [2.05, 4.69) is 10.3 Å². The van der Waals surface area contributed by atoms with Crippen LogP contribution in [-0.2, 0) is 4.79 Å². The molecule has 1 aliphatic rings. The van der Waals surface area contributed by atoms with E-state index in [1.165, 1.54) is 0 Å². The Labute approximate surface area is 99.2 Å². The predicted molar refractivity (Wildman–Crippen MR) is 67.6 cm³/mol. The van der Waals surface area contributed by atoms with Crippen LogP contribution in [0.2, 0.25) is 0 Å². The molecule has 3 rings (SSSR count). The molecule has 17 heavy (non-hydrogen) atoms. The summed E-state index contributed by atoms with van der Waals surface area (Å²) in [4.78, 5) is 15.1. The van der Waals surface area contributed by atoms with Gasteiger partial charge in [0, 0.05) is 29.3 Å². The zero-order chi connectivity index (χ0) is 11.9. The molecule has 1 fully saturated rings. The topological polar surface area (TPSA) is 70.9 Å². The van der Waals surface area contributed by atoms with Crippen LogP contribution in [0.5, 0.6) is 0 Å². The van der Waals surface area contributed by atoms with Crippen molar-refractivity contribution >= 4 is 22.5 Å². The normalized spacial score (nSPS) is 17.0. The number of nitrogens with two attached hydrogens (primary N) is 1. The molecule has 0 atom stereocenters. The molecular formula is C13H15N3O. The summed E-state index contributed by atoms with van der Waals surface area (Å²) < 4.78 is 0. The summed E-state index contributed by atoms with van der Waals surface area (Å²) in [5.41, 5.74) is 7.24. The maximum absolute atomic E-state index is 12.0. The van der Waals surface area contributed by atoms with Crippen LogP contribution in [0.1, 0.15) is 12.8 Å². The molecule has 1 aromatic heterocycles. The molecule has 0 aliphatic heterocycles. The van der Waals surface area contributed by atoms with Gasteiger partial charge in [0.05, 0.1) is 5.41 Å². The van der Waals surface area contributed by atoms with Crippen molar-refractivity contribution in [3.63, 3.8) is 0 Å². The monoisotopic (exact) mass is 229 g/mol. The summed E-state index contributed by atoms with van der Waals surface area (Å²) in [6.45, 7) is 0.436. The molecule has 4 heteroatoms. The first-order chi connectivity index (χ1) is 8.23. The van der Waals surface area contributed by atoms with E-state index in [1.54, 1.807) is 0 Å². The Hall–Kier alpha value is -1.81. The first-order valence-electron chi connectivity index (χ1n) is 5.82. The molecule has 2 aromatic rings. The average Bonchev–Trinajstić information content (AvgIpc) is 3.01. The van der Waals surface area contributed by atoms with Crippen molar-refractivity contribution in [1.82, 2.24) is 4.98 Å². The van der Waals surface area contributed by atoms with Gasteiger partial charge in [-0.05, 0) is 37.1 Å². The number of anilines is 1. The Bertz CT molecular complexity index is 569. The van der Waals surface area contributed by atoms with E-state index in [1.807, 2.05) is 30.5 Å². The first kappa shape index (κ1) is 10.4. The van der Waals surface area contributed by atoms with Crippen LogP contribution in [0.15, 0.2) is 30.5 Å². The standard InChI is InChI=1S/C13H15N3O/c14-8-13(4-5-13)12(17)16-10-1-2-11-9(7-10)3-6-15-11/h1-3,6-7,15H,4-5,8,14H2,(H,16,17). The molecule has 0 spiro atoms. The molecule has 1 aliphatic carbocycles. The molecule has 4 nitrogen and oxygen atoms in total. The number of amides is 1. The van der Waals surface area contributed by atoms with Crippen LogP contribution in [0, 0.1) is 5.41 Å².